The van der Waals surface area contributed by atoms with Gasteiger partial charge in [0.1, 0.15) is 5.36 Å². The Morgan fingerprint density at radius 3 is 2.77 bits per heavy atom. The Morgan fingerprint density at radius 1 is 1.31 bits per heavy atom. The molecule has 2 heterocycles. The van der Waals surface area contributed by atoms with Crippen LogP contribution in [0.1, 0.15) is 0 Å². The second-order valence-electron chi connectivity index (χ2n) is 2.09. The van der Waals surface area contributed by atoms with Gasteiger partial charge >= 0.3 is 0 Å². The van der Waals surface area contributed by atoms with E-state index >= 15 is 0 Å². The average Bonchev–Trinajstić information content (AvgIpc) is 2.46. The van der Waals surface area contributed by atoms with Crippen LogP contribution in [0.5, 0.6) is 0 Å². The van der Waals surface area contributed by atoms with E-state index in [0.717, 1.165) is 0 Å². The van der Waals surface area contributed by atoms with Crippen molar-refractivity contribution in [3.63, 3.8) is 0 Å². The molecular formula is C5HClN4O2S. The lowest BCUT2D eigenvalue weighted by molar-refractivity contribution is 0.626. The maximum absolute atomic E-state index is 10.4. The first-order chi connectivity index (χ1) is 6.16. The van der Waals surface area contributed by atoms with E-state index in [1.807, 2.05) is 0 Å². The number of rotatable bonds is 0. The largest absolute Gasteiger partial charge is 0.278 e. The Kier molecular flexibility index (Phi) is 1.82. The highest BCUT2D eigenvalue weighted by molar-refractivity contribution is 7.72. The highest BCUT2D eigenvalue weighted by Gasteiger charge is 2.06. The molecule has 1 aromatic rings. The van der Waals surface area contributed by atoms with Gasteiger partial charge in [0.25, 0.3) is 15.4 Å². The van der Waals surface area contributed by atoms with Crippen LogP contribution in [0.4, 0.5) is 0 Å². The van der Waals surface area contributed by atoms with Crippen molar-refractivity contribution in [2.45, 2.75) is 0 Å². The summed E-state index contributed by atoms with van der Waals surface area (Å²) in [7, 11) is -2.45. The van der Waals surface area contributed by atoms with Gasteiger partial charge in [0, 0.05) is 0 Å². The number of aromatic nitrogens is 2. The molecule has 0 spiro atoms. The van der Waals surface area contributed by atoms with Crippen molar-refractivity contribution in [3.05, 3.63) is 22.3 Å². The van der Waals surface area contributed by atoms with Gasteiger partial charge in [0.15, 0.2) is 5.49 Å². The molecule has 13 heavy (non-hydrogen) atoms. The lowest BCUT2D eigenvalue weighted by Crippen LogP contribution is -2.26. The van der Waals surface area contributed by atoms with Crippen molar-refractivity contribution in [1.29, 1.82) is 0 Å². The third kappa shape index (κ3) is 1.43. The SMILES string of the molecule is O=S(=O)=C1N=c2cnc(Cl)nc2=N1. The average molecular weight is 217 g/mol. The number of halogens is 1. The molecule has 0 amide bonds. The van der Waals surface area contributed by atoms with Crippen molar-refractivity contribution in [2.24, 2.45) is 9.98 Å². The second kappa shape index (κ2) is 2.86. The molecule has 0 atom stereocenters. The van der Waals surface area contributed by atoms with Crippen molar-refractivity contribution < 1.29 is 8.42 Å². The third-order valence-electron chi connectivity index (χ3n) is 1.29. The van der Waals surface area contributed by atoms with Gasteiger partial charge in [-0.1, -0.05) is 0 Å². The van der Waals surface area contributed by atoms with E-state index < -0.39 is 10.3 Å². The van der Waals surface area contributed by atoms with E-state index in [9.17, 15) is 8.42 Å². The van der Waals surface area contributed by atoms with Crippen LogP contribution in [0.3, 0.4) is 0 Å². The smallest absolute Gasteiger partial charge is 0.224 e. The maximum Gasteiger partial charge on any atom is 0.278 e. The normalized spacial score (nSPS) is 13.2. The molecule has 8 heteroatoms. The van der Waals surface area contributed by atoms with Crippen LogP contribution < -0.4 is 10.8 Å². The Bertz CT molecular complexity index is 612. The molecule has 1 aliphatic heterocycles. The molecule has 2 rings (SSSR count). The van der Waals surface area contributed by atoms with Gasteiger partial charge in [-0.3, -0.25) is 0 Å². The first-order valence-electron chi connectivity index (χ1n) is 3.09. The van der Waals surface area contributed by atoms with E-state index in [1.54, 1.807) is 0 Å². The van der Waals surface area contributed by atoms with Crippen molar-refractivity contribution in [1.82, 2.24) is 9.97 Å². The number of fused-ring (bicyclic) bond motifs is 1. The van der Waals surface area contributed by atoms with Crippen molar-refractivity contribution in [3.8, 4) is 0 Å². The summed E-state index contributed by atoms with van der Waals surface area (Å²) in [6, 6.07) is 0. The molecule has 0 bridgehead atoms. The number of hydrogen-bond donors (Lipinski definition) is 0. The zero-order chi connectivity index (χ0) is 9.42. The van der Waals surface area contributed by atoms with Crippen LogP contribution in [0.15, 0.2) is 16.2 Å². The molecule has 0 N–H and O–H groups in total. The minimum atomic E-state index is -2.45. The summed E-state index contributed by atoms with van der Waals surface area (Å²) in [5.74, 6) is 0. The molecule has 66 valence electrons. The fraction of sp³-hybridized carbons (Fsp3) is 0. The van der Waals surface area contributed by atoms with Gasteiger partial charge < -0.3 is 0 Å². The molecule has 1 aliphatic rings. The summed E-state index contributed by atoms with van der Waals surface area (Å²) in [6.45, 7) is 0. The minimum Gasteiger partial charge on any atom is -0.224 e. The first-order valence-corrected chi connectivity index (χ1v) is 4.54. The predicted octanol–water partition coefficient (Wildman–Crippen LogP) is -1.65. The summed E-state index contributed by atoms with van der Waals surface area (Å²) in [4.78, 5) is 14.6. The molecule has 1 aromatic heterocycles. The van der Waals surface area contributed by atoms with E-state index in [2.05, 4.69) is 20.0 Å². The minimum absolute atomic E-state index is 0.00984. The van der Waals surface area contributed by atoms with Gasteiger partial charge in [-0.25, -0.2) is 9.98 Å². The van der Waals surface area contributed by atoms with E-state index in [1.165, 1.54) is 6.20 Å². The molecular weight excluding hydrogens is 216 g/mol. The van der Waals surface area contributed by atoms with E-state index in [4.69, 9.17) is 11.6 Å². The van der Waals surface area contributed by atoms with Gasteiger partial charge in [0.05, 0.1) is 6.20 Å². The summed E-state index contributed by atoms with van der Waals surface area (Å²) in [5.41, 5.74) is 0.180. The predicted molar refractivity (Wildman–Crippen MR) is 43.3 cm³/mol. The van der Waals surface area contributed by atoms with Gasteiger partial charge in [-0.15, -0.1) is 0 Å². The van der Waals surface area contributed by atoms with Crippen LogP contribution >= 0.6 is 11.6 Å². The summed E-state index contributed by atoms with van der Waals surface area (Å²) in [5, 5.41) is 0.0193. The fourth-order valence-electron chi connectivity index (χ4n) is 0.800. The molecule has 0 aromatic carbocycles. The van der Waals surface area contributed by atoms with Crippen LogP contribution in [-0.4, -0.2) is 23.5 Å². The van der Waals surface area contributed by atoms with Gasteiger partial charge in [0.2, 0.25) is 5.28 Å². The van der Waals surface area contributed by atoms with Gasteiger partial charge in [-0.2, -0.15) is 18.4 Å². The van der Waals surface area contributed by atoms with Crippen LogP contribution in [0.2, 0.25) is 5.28 Å². The van der Waals surface area contributed by atoms with Crippen LogP contribution in [0.25, 0.3) is 0 Å². The highest BCUT2D eigenvalue weighted by atomic mass is 35.5. The number of nitrogens with zero attached hydrogens (tertiary/aromatic N) is 4. The molecule has 0 saturated carbocycles. The summed E-state index contributed by atoms with van der Waals surface area (Å²) < 4.78 is 20.9. The Balaban J connectivity index is 2.90. The van der Waals surface area contributed by atoms with E-state index in [0.29, 0.717) is 5.36 Å². The molecule has 0 fully saturated rings. The van der Waals surface area contributed by atoms with Gasteiger partial charge in [-0.05, 0) is 11.6 Å². The van der Waals surface area contributed by atoms with Crippen molar-refractivity contribution in [2.75, 3.05) is 0 Å². The molecule has 6 nitrogen and oxygen atoms in total. The molecule has 0 aliphatic carbocycles. The fourth-order valence-corrected chi connectivity index (χ4v) is 1.26. The molecule has 0 saturated heterocycles. The molecule has 0 unspecified atom stereocenters. The van der Waals surface area contributed by atoms with E-state index in [-0.39, 0.29) is 15.9 Å². The lowest BCUT2D eigenvalue weighted by Gasteiger charge is -1.81. The Hall–Kier alpha value is -1.34. The molecule has 0 radical (unpaired) electrons. The topological polar surface area (TPSA) is 84.6 Å². The Morgan fingerprint density at radius 2 is 2.08 bits per heavy atom. The second-order valence-corrected chi connectivity index (χ2v) is 3.26. The standard InChI is InChI=1S/C5HClN4O2S/c6-4-7-1-2-3(9-4)10-5(8-2)13(11)12/h1H. The van der Waals surface area contributed by atoms with Crippen molar-refractivity contribution >= 4 is 27.0 Å². The first kappa shape index (κ1) is 8.27. The van der Waals surface area contributed by atoms with Crippen LogP contribution in [0, 0.1) is 0 Å². The summed E-state index contributed by atoms with van der Waals surface area (Å²) in [6.07, 6.45) is 1.31. The lowest BCUT2D eigenvalue weighted by atomic mass is 10.6. The zero-order valence-corrected chi connectivity index (χ0v) is 7.54. The maximum atomic E-state index is 10.4. The zero-order valence-electron chi connectivity index (χ0n) is 5.97. The Labute approximate surface area is 78.2 Å². The monoisotopic (exact) mass is 216 g/mol. The number of hydrogen-bond acceptors (Lipinski definition) is 4. The quantitative estimate of drug-likeness (QED) is 0.384. The summed E-state index contributed by atoms with van der Waals surface area (Å²) >= 11 is 5.46. The highest BCUT2D eigenvalue weighted by Crippen LogP contribution is 1.90. The van der Waals surface area contributed by atoms with Crippen LogP contribution in [-0.2, 0) is 10.3 Å². The third-order valence-corrected chi connectivity index (χ3v) is 1.95.